The lowest BCUT2D eigenvalue weighted by Crippen LogP contribution is -2.45. The number of aromatic nitrogens is 1. The number of benzene rings is 1. The molecule has 1 unspecified atom stereocenters. The van der Waals surface area contributed by atoms with E-state index >= 15 is 0 Å². The van der Waals surface area contributed by atoms with Gasteiger partial charge in [-0.1, -0.05) is 30.2 Å². The third-order valence-corrected chi connectivity index (χ3v) is 9.38. The van der Waals surface area contributed by atoms with Crippen molar-refractivity contribution in [3.63, 3.8) is 0 Å². The van der Waals surface area contributed by atoms with Gasteiger partial charge in [0.25, 0.3) is 0 Å². The molecule has 1 saturated heterocycles. The van der Waals surface area contributed by atoms with Crippen molar-refractivity contribution in [1.82, 2.24) is 18.7 Å². The number of hydrogen-bond acceptors (Lipinski definition) is 4. The Morgan fingerprint density at radius 3 is 2.58 bits per heavy atom. The van der Waals surface area contributed by atoms with E-state index in [2.05, 4.69) is 4.90 Å². The summed E-state index contributed by atoms with van der Waals surface area (Å²) in [6.07, 6.45) is 5.75. The third kappa shape index (κ3) is 5.14. The molecule has 0 saturated carbocycles. The molecule has 2 aromatic rings. The van der Waals surface area contributed by atoms with Crippen molar-refractivity contribution < 1.29 is 13.2 Å². The van der Waals surface area contributed by atoms with E-state index in [1.54, 1.807) is 30.0 Å². The summed E-state index contributed by atoms with van der Waals surface area (Å²) in [6.45, 7) is 6.25. The Balaban J connectivity index is 1.55. The minimum atomic E-state index is -3.88. The molecule has 33 heavy (non-hydrogen) atoms. The average Bonchev–Trinajstić information content (AvgIpc) is 3.27. The van der Waals surface area contributed by atoms with Gasteiger partial charge in [0.1, 0.15) is 4.90 Å². The number of halogens is 1. The van der Waals surface area contributed by atoms with Crippen LogP contribution in [0.25, 0.3) is 0 Å². The van der Waals surface area contributed by atoms with Crippen LogP contribution >= 0.6 is 11.6 Å². The zero-order chi connectivity index (χ0) is 23.6. The van der Waals surface area contributed by atoms with Crippen LogP contribution in [-0.4, -0.2) is 72.8 Å². The van der Waals surface area contributed by atoms with Crippen molar-refractivity contribution in [3.05, 3.63) is 52.8 Å². The Labute approximate surface area is 202 Å². The van der Waals surface area contributed by atoms with E-state index in [9.17, 15) is 13.2 Å². The number of carbonyl (C=O) groups excluding carboxylic acids is 1. The first-order valence-corrected chi connectivity index (χ1v) is 13.5. The minimum Gasteiger partial charge on any atom is -0.349 e. The van der Waals surface area contributed by atoms with Gasteiger partial charge in [0.05, 0.1) is 11.1 Å². The van der Waals surface area contributed by atoms with Crippen LogP contribution < -0.4 is 0 Å². The van der Waals surface area contributed by atoms with Crippen molar-refractivity contribution in [3.8, 4) is 0 Å². The zero-order valence-electron chi connectivity index (χ0n) is 19.4. The van der Waals surface area contributed by atoms with Gasteiger partial charge >= 0.3 is 0 Å². The molecule has 2 aliphatic heterocycles. The Hall–Kier alpha value is -1.87. The van der Waals surface area contributed by atoms with Gasteiger partial charge < -0.3 is 14.4 Å². The van der Waals surface area contributed by atoms with Crippen LogP contribution in [0.3, 0.4) is 0 Å². The highest BCUT2D eigenvalue weighted by Gasteiger charge is 2.39. The highest BCUT2D eigenvalue weighted by molar-refractivity contribution is 7.89. The van der Waals surface area contributed by atoms with E-state index in [0.717, 1.165) is 25.3 Å². The number of aryl methyl sites for hydroxylation is 1. The van der Waals surface area contributed by atoms with Gasteiger partial charge in [-0.05, 0) is 56.6 Å². The molecule has 3 heterocycles. The van der Waals surface area contributed by atoms with Crippen molar-refractivity contribution in [1.29, 1.82) is 0 Å². The normalized spacial score (nSPS) is 19.9. The molecule has 9 heteroatoms. The standard InChI is InChI=1S/C24H33ClN4O3S/c1-19-8-6-9-20(25)24(19)33(31,32)29-17-16-28-13-7-10-21(28)22(29)18-23(30)26(2)14-15-27-11-4-3-5-12-27/h6-10,13,22H,3-5,11-12,14-18H2,1-2H3. The molecular weight excluding hydrogens is 460 g/mol. The highest BCUT2D eigenvalue weighted by Crippen LogP contribution is 2.37. The fourth-order valence-electron chi connectivity index (χ4n) is 4.92. The van der Waals surface area contributed by atoms with Crippen LogP contribution in [0.4, 0.5) is 0 Å². The number of likely N-dealkylation sites (N-methyl/N-ethyl adjacent to an activating group) is 1. The number of fused-ring (bicyclic) bond motifs is 1. The molecule has 0 aliphatic carbocycles. The van der Waals surface area contributed by atoms with Gasteiger partial charge in [-0.3, -0.25) is 4.79 Å². The number of amides is 1. The molecule has 1 amide bonds. The zero-order valence-corrected chi connectivity index (χ0v) is 21.0. The fraction of sp³-hybridized carbons (Fsp3) is 0.542. The minimum absolute atomic E-state index is 0.0530. The molecule has 2 aliphatic rings. The summed E-state index contributed by atoms with van der Waals surface area (Å²) in [6, 6.07) is 8.34. The van der Waals surface area contributed by atoms with Crippen LogP contribution in [0.15, 0.2) is 41.4 Å². The second-order valence-corrected chi connectivity index (χ2v) is 11.3. The lowest BCUT2D eigenvalue weighted by Gasteiger charge is -2.37. The largest absolute Gasteiger partial charge is 0.349 e. The van der Waals surface area contributed by atoms with Gasteiger partial charge in [0.2, 0.25) is 15.9 Å². The van der Waals surface area contributed by atoms with E-state index in [1.807, 2.05) is 29.9 Å². The fourth-order valence-corrected chi connectivity index (χ4v) is 7.30. The summed E-state index contributed by atoms with van der Waals surface area (Å²) in [7, 11) is -2.07. The molecule has 180 valence electrons. The Morgan fingerprint density at radius 1 is 1.09 bits per heavy atom. The number of piperidine rings is 1. The Kier molecular flexibility index (Phi) is 7.48. The SMILES string of the molecule is Cc1cccc(Cl)c1S(=O)(=O)N1CCn2cccc2C1CC(=O)N(C)CCN1CCCCC1. The molecule has 0 spiro atoms. The summed E-state index contributed by atoms with van der Waals surface area (Å²) < 4.78 is 31.0. The van der Waals surface area contributed by atoms with E-state index in [1.165, 1.54) is 23.6 Å². The molecule has 1 atom stereocenters. The molecule has 0 N–H and O–H groups in total. The Morgan fingerprint density at radius 2 is 1.85 bits per heavy atom. The molecular formula is C24H33ClN4O3S. The van der Waals surface area contributed by atoms with Crippen molar-refractivity contribution in [2.45, 2.75) is 50.1 Å². The van der Waals surface area contributed by atoms with Crippen molar-refractivity contribution in [2.75, 3.05) is 39.8 Å². The van der Waals surface area contributed by atoms with Crippen LogP contribution in [0, 0.1) is 6.92 Å². The molecule has 1 fully saturated rings. The van der Waals surface area contributed by atoms with Gasteiger partial charge in [-0.25, -0.2) is 8.42 Å². The predicted octanol–water partition coefficient (Wildman–Crippen LogP) is 3.53. The number of carbonyl (C=O) groups is 1. The third-order valence-electron chi connectivity index (χ3n) is 6.84. The van der Waals surface area contributed by atoms with E-state index in [4.69, 9.17) is 11.6 Å². The summed E-state index contributed by atoms with van der Waals surface area (Å²) in [5.74, 6) is -0.0530. The predicted molar refractivity (Wildman–Crippen MR) is 130 cm³/mol. The quantitative estimate of drug-likeness (QED) is 0.593. The summed E-state index contributed by atoms with van der Waals surface area (Å²) in [5.41, 5.74) is 1.44. The summed E-state index contributed by atoms with van der Waals surface area (Å²) >= 11 is 6.34. The number of nitrogens with zero attached hydrogens (tertiary/aromatic N) is 4. The van der Waals surface area contributed by atoms with Crippen LogP contribution in [0.5, 0.6) is 0 Å². The number of likely N-dealkylation sites (tertiary alicyclic amines) is 1. The van der Waals surface area contributed by atoms with Crippen molar-refractivity contribution >= 4 is 27.5 Å². The first-order chi connectivity index (χ1) is 15.8. The summed E-state index contributed by atoms with van der Waals surface area (Å²) in [4.78, 5) is 17.5. The van der Waals surface area contributed by atoms with Gasteiger partial charge in [-0.2, -0.15) is 4.31 Å². The maximum absolute atomic E-state index is 13.8. The second-order valence-electron chi connectivity index (χ2n) is 9.07. The van der Waals surface area contributed by atoms with E-state index in [0.29, 0.717) is 25.2 Å². The van der Waals surface area contributed by atoms with Crippen LogP contribution in [0.1, 0.15) is 43.0 Å². The molecule has 0 radical (unpaired) electrons. The molecule has 1 aromatic carbocycles. The second kappa shape index (κ2) is 10.2. The van der Waals surface area contributed by atoms with E-state index < -0.39 is 16.1 Å². The average molecular weight is 493 g/mol. The maximum Gasteiger partial charge on any atom is 0.245 e. The van der Waals surface area contributed by atoms with E-state index in [-0.39, 0.29) is 22.2 Å². The topological polar surface area (TPSA) is 65.9 Å². The van der Waals surface area contributed by atoms with Gasteiger partial charge in [0, 0.05) is 51.5 Å². The van der Waals surface area contributed by atoms with Crippen LogP contribution in [0.2, 0.25) is 5.02 Å². The van der Waals surface area contributed by atoms with Gasteiger partial charge in [0.15, 0.2) is 0 Å². The Bertz CT molecular complexity index is 1070. The lowest BCUT2D eigenvalue weighted by atomic mass is 10.1. The molecule has 4 rings (SSSR count). The summed E-state index contributed by atoms with van der Waals surface area (Å²) in [5, 5.41) is 0.208. The van der Waals surface area contributed by atoms with Crippen LogP contribution in [-0.2, 0) is 21.4 Å². The van der Waals surface area contributed by atoms with Gasteiger partial charge in [-0.15, -0.1) is 0 Å². The molecule has 0 bridgehead atoms. The smallest absolute Gasteiger partial charge is 0.245 e. The monoisotopic (exact) mass is 492 g/mol. The number of rotatable bonds is 7. The highest BCUT2D eigenvalue weighted by atomic mass is 35.5. The van der Waals surface area contributed by atoms with Crippen molar-refractivity contribution in [2.24, 2.45) is 0 Å². The maximum atomic E-state index is 13.8. The molecule has 7 nitrogen and oxygen atoms in total. The number of sulfonamides is 1. The molecule has 1 aromatic heterocycles. The lowest BCUT2D eigenvalue weighted by molar-refractivity contribution is -0.131. The first-order valence-electron chi connectivity index (χ1n) is 11.7. The first kappa shape index (κ1) is 24.3. The number of hydrogen-bond donors (Lipinski definition) is 0.